The highest BCUT2D eigenvalue weighted by Gasteiger charge is 2.05. The maximum Gasteiger partial charge on any atom is 0.161 e. The first-order chi connectivity index (χ1) is 9.78. The molecular formula is C16H15ClN2O2. The Morgan fingerprint density at radius 1 is 1.19 bits per heavy atom. The van der Waals surface area contributed by atoms with Crippen molar-refractivity contribution >= 4 is 24.1 Å². The van der Waals surface area contributed by atoms with Crippen molar-refractivity contribution in [2.45, 2.75) is 0 Å². The number of nitriles is 1. The SMILES string of the molecule is COc1ccc(/C=C(\C#N)c2cccnc2)cc1OC.Cl. The molecule has 21 heavy (non-hydrogen) atoms. The van der Waals surface area contributed by atoms with Crippen LogP contribution in [0.1, 0.15) is 11.1 Å². The molecule has 0 saturated carbocycles. The first kappa shape index (κ1) is 16.5. The highest BCUT2D eigenvalue weighted by molar-refractivity contribution is 5.89. The molecule has 0 bridgehead atoms. The lowest BCUT2D eigenvalue weighted by Crippen LogP contribution is -1.91. The molecule has 5 heteroatoms. The van der Waals surface area contributed by atoms with Gasteiger partial charge >= 0.3 is 0 Å². The zero-order valence-corrected chi connectivity index (χ0v) is 12.6. The van der Waals surface area contributed by atoms with Gasteiger partial charge in [0.05, 0.1) is 25.9 Å². The lowest BCUT2D eigenvalue weighted by atomic mass is 10.1. The number of rotatable bonds is 4. The molecule has 1 aromatic carbocycles. The second kappa shape index (κ2) is 7.93. The van der Waals surface area contributed by atoms with E-state index in [9.17, 15) is 5.26 Å². The van der Waals surface area contributed by atoms with Crippen LogP contribution in [0.3, 0.4) is 0 Å². The maximum atomic E-state index is 9.27. The molecule has 0 aliphatic carbocycles. The van der Waals surface area contributed by atoms with Crippen LogP contribution < -0.4 is 9.47 Å². The van der Waals surface area contributed by atoms with E-state index in [1.54, 1.807) is 38.8 Å². The van der Waals surface area contributed by atoms with E-state index in [1.165, 1.54) is 0 Å². The van der Waals surface area contributed by atoms with E-state index in [2.05, 4.69) is 11.1 Å². The second-order valence-electron chi connectivity index (χ2n) is 4.03. The van der Waals surface area contributed by atoms with Gasteiger partial charge in [-0.2, -0.15) is 5.26 Å². The van der Waals surface area contributed by atoms with Gasteiger partial charge in [-0.15, -0.1) is 12.4 Å². The summed E-state index contributed by atoms with van der Waals surface area (Å²) in [6, 6.07) is 11.3. The van der Waals surface area contributed by atoms with Crippen LogP contribution in [0.2, 0.25) is 0 Å². The van der Waals surface area contributed by atoms with Gasteiger partial charge in [0.15, 0.2) is 11.5 Å². The van der Waals surface area contributed by atoms with Gasteiger partial charge in [-0.05, 0) is 29.8 Å². The minimum absolute atomic E-state index is 0. The lowest BCUT2D eigenvalue weighted by Gasteiger charge is -2.08. The molecule has 4 nitrogen and oxygen atoms in total. The van der Waals surface area contributed by atoms with Crippen molar-refractivity contribution in [3.05, 3.63) is 53.9 Å². The quantitative estimate of drug-likeness (QED) is 0.810. The Labute approximate surface area is 130 Å². The molecule has 0 amide bonds. The minimum atomic E-state index is 0. The molecule has 1 aromatic heterocycles. The van der Waals surface area contributed by atoms with Crippen molar-refractivity contribution < 1.29 is 9.47 Å². The number of halogens is 1. The van der Waals surface area contributed by atoms with Crippen LogP contribution in [0, 0.1) is 11.3 Å². The zero-order valence-electron chi connectivity index (χ0n) is 11.7. The molecule has 0 aliphatic rings. The van der Waals surface area contributed by atoms with Crippen molar-refractivity contribution in [2.24, 2.45) is 0 Å². The van der Waals surface area contributed by atoms with Crippen molar-refractivity contribution in [3.8, 4) is 17.6 Å². The number of nitrogens with zero attached hydrogens (tertiary/aromatic N) is 2. The van der Waals surface area contributed by atoms with Crippen LogP contribution in [0.15, 0.2) is 42.7 Å². The van der Waals surface area contributed by atoms with E-state index < -0.39 is 0 Å². The fourth-order valence-electron chi connectivity index (χ4n) is 1.81. The van der Waals surface area contributed by atoms with Gasteiger partial charge in [0.1, 0.15) is 0 Å². The molecule has 0 radical (unpaired) electrons. The summed E-state index contributed by atoms with van der Waals surface area (Å²) in [4.78, 5) is 4.02. The van der Waals surface area contributed by atoms with Crippen LogP contribution in [-0.4, -0.2) is 19.2 Å². The third kappa shape index (κ3) is 3.98. The predicted octanol–water partition coefficient (Wildman–Crippen LogP) is 3.58. The van der Waals surface area contributed by atoms with E-state index in [4.69, 9.17) is 9.47 Å². The number of benzene rings is 1. The summed E-state index contributed by atoms with van der Waals surface area (Å²) in [5.41, 5.74) is 2.19. The second-order valence-corrected chi connectivity index (χ2v) is 4.03. The Balaban J connectivity index is 0.00000220. The number of allylic oxidation sites excluding steroid dienone is 1. The molecule has 0 fully saturated rings. The van der Waals surface area contributed by atoms with Crippen LogP contribution in [-0.2, 0) is 0 Å². The molecule has 0 spiro atoms. The highest BCUT2D eigenvalue weighted by Crippen LogP contribution is 2.29. The van der Waals surface area contributed by atoms with Crippen LogP contribution in [0.5, 0.6) is 11.5 Å². The maximum absolute atomic E-state index is 9.27. The Morgan fingerprint density at radius 3 is 2.52 bits per heavy atom. The summed E-state index contributed by atoms with van der Waals surface area (Å²) in [7, 11) is 3.17. The molecule has 1 heterocycles. The standard InChI is InChI=1S/C16H14N2O2.ClH/c1-19-15-6-5-12(9-16(15)20-2)8-14(10-17)13-4-3-7-18-11-13;/h3-9,11H,1-2H3;1H/b14-8+;. The van der Waals surface area contributed by atoms with Crippen molar-refractivity contribution in [3.63, 3.8) is 0 Å². The zero-order chi connectivity index (χ0) is 14.4. The number of pyridine rings is 1. The summed E-state index contributed by atoms with van der Waals surface area (Å²) in [5, 5.41) is 9.27. The van der Waals surface area contributed by atoms with Gasteiger partial charge in [0.25, 0.3) is 0 Å². The molecule has 2 aromatic rings. The van der Waals surface area contributed by atoms with Crippen molar-refractivity contribution in [1.29, 1.82) is 5.26 Å². The smallest absolute Gasteiger partial charge is 0.161 e. The first-order valence-electron chi connectivity index (χ1n) is 6.02. The first-order valence-corrected chi connectivity index (χ1v) is 6.02. The van der Waals surface area contributed by atoms with Gasteiger partial charge in [-0.3, -0.25) is 4.98 Å². The number of hydrogen-bond donors (Lipinski definition) is 0. The monoisotopic (exact) mass is 302 g/mol. The number of ether oxygens (including phenoxy) is 2. The van der Waals surface area contributed by atoms with Gasteiger partial charge in [0, 0.05) is 18.0 Å². The van der Waals surface area contributed by atoms with E-state index in [0.29, 0.717) is 17.1 Å². The fourth-order valence-corrected chi connectivity index (χ4v) is 1.81. The predicted molar refractivity (Wildman–Crippen MR) is 84.5 cm³/mol. The fraction of sp³-hybridized carbons (Fsp3) is 0.125. The molecule has 0 saturated heterocycles. The van der Waals surface area contributed by atoms with E-state index >= 15 is 0 Å². The normalized spacial score (nSPS) is 10.2. The number of hydrogen-bond acceptors (Lipinski definition) is 4. The molecule has 108 valence electrons. The molecule has 0 N–H and O–H groups in total. The molecule has 2 rings (SSSR count). The third-order valence-electron chi connectivity index (χ3n) is 2.81. The summed E-state index contributed by atoms with van der Waals surface area (Å²) >= 11 is 0. The Morgan fingerprint density at radius 2 is 1.95 bits per heavy atom. The van der Waals surface area contributed by atoms with E-state index in [1.807, 2.05) is 24.3 Å². The number of aromatic nitrogens is 1. The van der Waals surface area contributed by atoms with E-state index in [0.717, 1.165) is 11.1 Å². The molecular weight excluding hydrogens is 288 g/mol. The average Bonchev–Trinajstić information content (AvgIpc) is 2.53. The van der Waals surface area contributed by atoms with Crippen LogP contribution >= 0.6 is 12.4 Å². The van der Waals surface area contributed by atoms with Crippen LogP contribution in [0.4, 0.5) is 0 Å². The topological polar surface area (TPSA) is 55.1 Å². The Kier molecular flexibility index (Phi) is 6.25. The largest absolute Gasteiger partial charge is 0.493 e. The Hall–Kier alpha value is -2.51. The molecule has 0 unspecified atom stereocenters. The van der Waals surface area contributed by atoms with Crippen molar-refractivity contribution in [1.82, 2.24) is 4.98 Å². The van der Waals surface area contributed by atoms with Gasteiger partial charge in [-0.25, -0.2) is 0 Å². The summed E-state index contributed by atoms with van der Waals surface area (Å²) in [5.74, 6) is 1.29. The van der Waals surface area contributed by atoms with Gasteiger partial charge in [0.2, 0.25) is 0 Å². The average molecular weight is 303 g/mol. The molecule has 0 atom stereocenters. The van der Waals surface area contributed by atoms with Crippen LogP contribution in [0.25, 0.3) is 11.6 Å². The summed E-state index contributed by atoms with van der Waals surface area (Å²) < 4.78 is 10.4. The number of methoxy groups -OCH3 is 2. The van der Waals surface area contributed by atoms with E-state index in [-0.39, 0.29) is 12.4 Å². The van der Waals surface area contributed by atoms with Gasteiger partial charge in [-0.1, -0.05) is 12.1 Å². The summed E-state index contributed by atoms with van der Waals surface area (Å²) in [6.07, 6.45) is 5.13. The molecule has 0 aliphatic heterocycles. The highest BCUT2D eigenvalue weighted by atomic mass is 35.5. The lowest BCUT2D eigenvalue weighted by molar-refractivity contribution is 0.355. The summed E-state index contributed by atoms with van der Waals surface area (Å²) in [6.45, 7) is 0. The Bertz CT molecular complexity index is 664. The van der Waals surface area contributed by atoms with Crippen molar-refractivity contribution in [2.75, 3.05) is 14.2 Å². The van der Waals surface area contributed by atoms with Gasteiger partial charge < -0.3 is 9.47 Å². The third-order valence-corrected chi connectivity index (χ3v) is 2.81. The minimum Gasteiger partial charge on any atom is -0.493 e.